The molecule has 0 bridgehead atoms. The first-order valence-electron chi connectivity index (χ1n) is 6.27. The van der Waals surface area contributed by atoms with E-state index in [0.29, 0.717) is 10.6 Å². The van der Waals surface area contributed by atoms with Gasteiger partial charge in [0, 0.05) is 11.4 Å². The van der Waals surface area contributed by atoms with E-state index in [1.54, 1.807) is 12.1 Å². The van der Waals surface area contributed by atoms with Crippen molar-refractivity contribution in [3.8, 4) is 0 Å². The van der Waals surface area contributed by atoms with Gasteiger partial charge in [0.05, 0.1) is 6.10 Å². The number of aliphatic hydroxyl groups excluding tert-OH is 1. The Bertz CT molecular complexity index is 641. The molecule has 0 amide bonds. The van der Waals surface area contributed by atoms with Crippen LogP contribution in [0.5, 0.6) is 0 Å². The van der Waals surface area contributed by atoms with Crippen molar-refractivity contribution in [3.05, 3.63) is 69.2 Å². The molecule has 2 aromatic carbocycles. The first-order chi connectivity index (χ1) is 9.40. The zero-order valence-corrected chi connectivity index (χ0v) is 12.0. The number of benzene rings is 2. The summed E-state index contributed by atoms with van der Waals surface area (Å²) in [6.45, 7) is 3.66. The lowest BCUT2D eigenvalue weighted by Gasteiger charge is -2.16. The SMILES string of the molecule is Cc1cc(C(O)Cc2cccc(F)c2F)c(C)cc1Cl. The minimum atomic E-state index is -0.908. The molecule has 0 aliphatic carbocycles. The normalized spacial score (nSPS) is 12.5. The molecule has 106 valence electrons. The minimum absolute atomic E-state index is 0.0194. The number of halogens is 3. The molecule has 1 N–H and O–H groups in total. The molecule has 0 saturated heterocycles. The van der Waals surface area contributed by atoms with E-state index in [-0.39, 0.29) is 12.0 Å². The molecule has 1 nitrogen and oxygen atoms in total. The molecule has 0 fully saturated rings. The summed E-state index contributed by atoms with van der Waals surface area (Å²) in [6, 6.07) is 7.50. The highest BCUT2D eigenvalue weighted by atomic mass is 35.5. The van der Waals surface area contributed by atoms with Gasteiger partial charge in [-0.2, -0.15) is 0 Å². The summed E-state index contributed by atoms with van der Waals surface area (Å²) < 4.78 is 26.8. The summed E-state index contributed by atoms with van der Waals surface area (Å²) in [7, 11) is 0. The molecular formula is C16H15ClF2O. The smallest absolute Gasteiger partial charge is 0.162 e. The van der Waals surface area contributed by atoms with Crippen LogP contribution in [0.15, 0.2) is 30.3 Å². The molecule has 2 rings (SSSR count). The fourth-order valence-corrected chi connectivity index (χ4v) is 2.40. The third-order valence-electron chi connectivity index (χ3n) is 3.35. The molecule has 2 aromatic rings. The average molecular weight is 297 g/mol. The lowest BCUT2D eigenvalue weighted by Crippen LogP contribution is -2.07. The Morgan fingerprint density at radius 1 is 1.15 bits per heavy atom. The van der Waals surface area contributed by atoms with Gasteiger partial charge in [-0.1, -0.05) is 29.8 Å². The molecule has 0 spiro atoms. The van der Waals surface area contributed by atoms with E-state index >= 15 is 0 Å². The van der Waals surface area contributed by atoms with Crippen LogP contribution >= 0.6 is 11.6 Å². The molecule has 1 unspecified atom stereocenters. The average Bonchev–Trinajstić information content (AvgIpc) is 2.39. The van der Waals surface area contributed by atoms with E-state index < -0.39 is 17.7 Å². The topological polar surface area (TPSA) is 20.2 Å². The van der Waals surface area contributed by atoms with Gasteiger partial charge in [-0.3, -0.25) is 0 Å². The summed E-state index contributed by atoms with van der Waals surface area (Å²) in [5.41, 5.74) is 2.50. The van der Waals surface area contributed by atoms with Crippen LogP contribution in [0.3, 0.4) is 0 Å². The van der Waals surface area contributed by atoms with Gasteiger partial charge < -0.3 is 5.11 Å². The first kappa shape index (κ1) is 14.9. The molecule has 1 atom stereocenters. The number of rotatable bonds is 3. The fourth-order valence-electron chi connectivity index (χ4n) is 2.19. The van der Waals surface area contributed by atoms with E-state index in [0.717, 1.165) is 17.2 Å². The quantitative estimate of drug-likeness (QED) is 0.883. The van der Waals surface area contributed by atoms with Crippen molar-refractivity contribution in [2.45, 2.75) is 26.4 Å². The van der Waals surface area contributed by atoms with Gasteiger partial charge >= 0.3 is 0 Å². The van der Waals surface area contributed by atoms with Crippen LogP contribution in [-0.4, -0.2) is 5.11 Å². The number of aryl methyl sites for hydroxylation is 2. The third-order valence-corrected chi connectivity index (χ3v) is 3.76. The Kier molecular flexibility index (Phi) is 4.41. The highest BCUT2D eigenvalue weighted by molar-refractivity contribution is 6.31. The molecule has 0 radical (unpaired) electrons. The molecule has 0 saturated carbocycles. The van der Waals surface area contributed by atoms with E-state index in [1.165, 1.54) is 12.1 Å². The lowest BCUT2D eigenvalue weighted by molar-refractivity contribution is 0.176. The van der Waals surface area contributed by atoms with Gasteiger partial charge in [-0.05, 0) is 48.2 Å². The van der Waals surface area contributed by atoms with Crippen molar-refractivity contribution in [1.29, 1.82) is 0 Å². The predicted molar refractivity (Wildman–Crippen MR) is 75.9 cm³/mol. The Hall–Kier alpha value is -1.45. The number of hydrogen-bond acceptors (Lipinski definition) is 1. The van der Waals surface area contributed by atoms with Crippen molar-refractivity contribution in [1.82, 2.24) is 0 Å². The Balaban J connectivity index is 2.31. The number of hydrogen-bond donors (Lipinski definition) is 1. The zero-order valence-electron chi connectivity index (χ0n) is 11.3. The minimum Gasteiger partial charge on any atom is -0.388 e. The summed E-state index contributed by atoms with van der Waals surface area (Å²) in [5.74, 6) is -1.81. The molecule has 4 heteroatoms. The summed E-state index contributed by atoms with van der Waals surface area (Å²) >= 11 is 6.01. The van der Waals surface area contributed by atoms with Gasteiger partial charge in [0.15, 0.2) is 11.6 Å². The van der Waals surface area contributed by atoms with Crippen LogP contribution < -0.4 is 0 Å². The molecule has 0 aliphatic rings. The zero-order chi connectivity index (χ0) is 14.9. The third kappa shape index (κ3) is 3.00. The summed E-state index contributed by atoms with van der Waals surface area (Å²) in [6.07, 6.45) is -0.881. The predicted octanol–water partition coefficient (Wildman–Crippen LogP) is 4.51. The molecule has 0 aliphatic heterocycles. The fraction of sp³-hybridized carbons (Fsp3) is 0.250. The van der Waals surface area contributed by atoms with Crippen LogP contribution in [0.2, 0.25) is 5.02 Å². The van der Waals surface area contributed by atoms with Gasteiger partial charge in [-0.25, -0.2) is 8.78 Å². The van der Waals surface area contributed by atoms with Gasteiger partial charge in [0.2, 0.25) is 0 Å². The second-order valence-electron chi connectivity index (χ2n) is 4.89. The van der Waals surface area contributed by atoms with Crippen molar-refractivity contribution < 1.29 is 13.9 Å². The summed E-state index contributed by atoms with van der Waals surface area (Å²) in [4.78, 5) is 0. The van der Waals surface area contributed by atoms with Gasteiger partial charge in [0.1, 0.15) is 0 Å². The van der Waals surface area contributed by atoms with Crippen molar-refractivity contribution in [2.75, 3.05) is 0 Å². The Morgan fingerprint density at radius 3 is 2.55 bits per heavy atom. The second-order valence-corrected chi connectivity index (χ2v) is 5.30. The number of aliphatic hydroxyl groups is 1. The largest absolute Gasteiger partial charge is 0.388 e. The van der Waals surface area contributed by atoms with E-state index in [9.17, 15) is 13.9 Å². The maximum atomic E-state index is 13.6. The maximum Gasteiger partial charge on any atom is 0.162 e. The highest BCUT2D eigenvalue weighted by Gasteiger charge is 2.16. The van der Waals surface area contributed by atoms with E-state index in [2.05, 4.69) is 0 Å². The van der Waals surface area contributed by atoms with Crippen LogP contribution in [0.25, 0.3) is 0 Å². The molecule has 0 aromatic heterocycles. The Morgan fingerprint density at radius 2 is 1.85 bits per heavy atom. The van der Waals surface area contributed by atoms with Crippen molar-refractivity contribution >= 4 is 11.6 Å². The molecule has 20 heavy (non-hydrogen) atoms. The highest BCUT2D eigenvalue weighted by Crippen LogP contribution is 2.28. The van der Waals surface area contributed by atoms with Crippen molar-refractivity contribution in [2.24, 2.45) is 0 Å². The monoisotopic (exact) mass is 296 g/mol. The van der Waals surface area contributed by atoms with Gasteiger partial charge in [0.25, 0.3) is 0 Å². The van der Waals surface area contributed by atoms with E-state index in [1.807, 2.05) is 13.8 Å². The van der Waals surface area contributed by atoms with Crippen LogP contribution in [-0.2, 0) is 6.42 Å². The van der Waals surface area contributed by atoms with Crippen LogP contribution in [0.1, 0.15) is 28.4 Å². The molecular weight excluding hydrogens is 282 g/mol. The lowest BCUT2D eigenvalue weighted by atomic mass is 9.96. The first-order valence-corrected chi connectivity index (χ1v) is 6.65. The summed E-state index contributed by atoms with van der Waals surface area (Å²) in [5, 5.41) is 10.9. The van der Waals surface area contributed by atoms with Crippen LogP contribution in [0.4, 0.5) is 8.78 Å². The molecule has 0 heterocycles. The standard InChI is InChI=1S/C16H15ClF2O/c1-9-7-13(17)10(2)6-12(9)15(20)8-11-4-3-5-14(18)16(11)19/h3-7,15,20H,8H2,1-2H3. The second kappa shape index (κ2) is 5.90. The van der Waals surface area contributed by atoms with Gasteiger partial charge in [-0.15, -0.1) is 0 Å². The van der Waals surface area contributed by atoms with Crippen LogP contribution in [0, 0.1) is 25.5 Å². The van der Waals surface area contributed by atoms with Crippen molar-refractivity contribution in [3.63, 3.8) is 0 Å². The Labute approximate surface area is 121 Å². The van der Waals surface area contributed by atoms with E-state index in [4.69, 9.17) is 11.6 Å². The maximum absolute atomic E-state index is 13.6.